The smallest absolute Gasteiger partial charge is 0.278 e. The first-order valence-corrected chi connectivity index (χ1v) is 11.0. The summed E-state index contributed by atoms with van der Waals surface area (Å²) in [5.41, 5.74) is 4.10. The zero-order valence-corrected chi connectivity index (χ0v) is 19.7. The first kappa shape index (κ1) is 23.2. The normalized spacial score (nSPS) is 10.8. The predicted octanol–water partition coefficient (Wildman–Crippen LogP) is 4.93. The van der Waals surface area contributed by atoms with Gasteiger partial charge in [0.25, 0.3) is 5.56 Å². The van der Waals surface area contributed by atoms with Crippen LogP contribution in [0.25, 0.3) is 22.3 Å². The second-order valence-corrected chi connectivity index (χ2v) is 8.51. The molecule has 0 aliphatic heterocycles. The molecule has 4 aromatic rings. The van der Waals surface area contributed by atoms with Crippen LogP contribution in [0.1, 0.15) is 18.1 Å². The van der Waals surface area contributed by atoms with Crippen molar-refractivity contribution in [1.29, 1.82) is 0 Å². The number of nitrogens with zero attached hydrogens (tertiary/aromatic N) is 2. The first-order chi connectivity index (χ1) is 16.2. The number of anilines is 2. The number of hydrogen-bond donors (Lipinski definition) is 2. The van der Waals surface area contributed by atoms with Gasteiger partial charge in [0.2, 0.25) is 11.8 Å². The van der Waals surface area contributed by atoms with Gasteiger partial charge in [0.15, 0.2) is 0 Å². The van der Waals surface area contributed by atoms with Crippen molar-refractivity contribution in [2.75, 3.05) is 10.6 Å². The van der Waals surface area contributed by atoms with Crippen LogP contribution in [-0.2, 0) is 16.1 Å². The summed E-state index contributed by atoms with van der Waals surface area (Å²) in [6.45, 7) is 4.93. The molecule has 7 nitrogen and oxygen atoms in total. The minimum atomic E-state index is -0.436. The third-order valence-electron chi connectivity index (χ3n) is 5.37. The number of benzene rings is 3. The number of carbonyl (C=O) groups excluding carboxylic acids is 2. The fourth-order valence-electron chi connectivity index (χ4n) is 3.74. The Morgan fingerprint density at radius 3 is 2.50 bits per heavy atom. The Balaban J connectivity index is 1.83. The Labute approximate surface area is 201 Å². The average Bonchev–Trinajstić information content (AvgIpc) is 2.79. The minimum Gasteiger partial charge on any atom is -0.326 e. The molecule has 2 amide bonds. The largest absolute Gasteiger partial charge is 0.326 e. The third-order valence-corrected chi connectivity index (χ3v) is 5.60. The maximum absolute atomic E-state index is 13.6. The molecule has 0 atom stereocenters. The zero-order chi connectivity index (χ0) is 24.4. The molecule has 172 valence electrons. The van der Waals surface area contributed by atoms with Crippen LogP contribution >= 0.6 is 11.6 Å². The van der Waals surface area contributed by atoms with Gasteiger partial charge >= 0.3 is 0 Å². The SMILES string of the molecule is CC(=O)Nc1ccc(C)cc1-c1nc2ccccc2n(CC(=O)Nc2cc(Cl)ccc2C)c1=O. The second-order valence-electron chi connectivity index (χ2n) is 8.08. The Morgan fingerprint density at radius 1 is 0.971 bits per heavy atom. The van der Waals surface area contributed by atoms with Crippen molar-refractivity contribution in [2.45, 2.75) is 27.3 Å². The Morgan fingerprint density at radius 2 is 1.74 bits per heavy atom. The lowest BCUT2D eigenvalue weighted by molar-refractivity contribution is -0.117. The van der Waals surface area contributed by atoms with Gasteiger partial charge in [0, 0.05) is 23.2 Å². The van der Waals surface area contributed by atoms with E-state index in [1.165, 1.54) is 11.5 Å². The molecule has 2 N–H and O–H groups in total. The van der Waals surface area contributed by atoms with Gasteiger partial charge in [-0.2, -0.15) is 0 Å². The molecule has 4 rings (SSSR count). The van der Waals surface area contributed by atoms with Crippen LogP contribution in [0.4, 0.5) is 11.4 Å². The van der Waals surface area contributed by atoms with E-state index < -0.39 is 5.56 Å². The summed E-state index contributed by atoms with van der Waals surface area (Å²) in [4.78, 5) is 42.9. The molecule has 3 aromatic carbocycles. The monoisotopic (exact) mass is 474 g/mol. The van der Waals surface area contributed by atoms with Crippen LogP contribution in [0.2, 0.25) is 5.02 Å². The Bertz CT molecular complexity index is 1490. The first-order valence-electron chi connectivity index (χ1n) is 10.7. The average molecular weight is 475 g/mol. The summed E-state index contributed by atoms with van der Waals surface area (Å²) in [5, 5.41) is 6.10. The number of amides is 2. The van der Waals surface area contributed by atoms with Crippen molar-refractivity contribution in [2.24, 2.45) is 0 Å². The molecule has 0 aliphatic rings. The quantitative estimate of drug-likeness (QED) is 0.429. The number of aromatic nitrogens is 2. The minimum absolute atomic E-state index is 0.151. The number of aryl methyl sites for hydroxylation is 2. The van der Waals surface area contributed by atoms with E-state index in [2.05, 4.69) is 15.6 Å². The molecule has 0 unspecified atom stereocenters. The maximum Gasteiger partial charge on any atom is 0.278 e. The topological polar surface area (TPSA) is 93.1 Å². The number of fused-ring (bicyclic) bond motifs is 1. The van der Waals surface area contributed by atoms with E-state index >= 15 is 0 Å². The van der Waals surface area contributed by atoms with Gasteiger partial charge in [-0.15, -0.1) is 0 Å². The highest BCUT2D eigenvalue weighted by atomic mass is 35.5. The van der Waals surface area contributed by atoms with Crippen LogP contribution in [0.15, 0.2) is 65.5 Å². The van der Waals surface area contributed by atoms with Gasteiger partial charge in [0.1, 0.15) is 12.2 Å². The fourth-order valence-corrected chi connectivity index (χ4v) is 3.91. The predicted molar refractivity (Wildman–Crippen MR) is 135 cm³/mol. The standard InChI is InChI=1S/C26H23ClN4O3/c1-15-8-11-20(28-17(3)32)19(12-15)25-26(34)31(23-7-5-4-6-21(23)30-25)14-24(33)29-22-13-18(27)10-9-16(22)2/h4-13H,14H2,1-3H3,(H,28,32)(H,29,33). The fraction of sp³-hybridized carbons (Fsp3) is 0.154. The number of para-hydroxylation sites is 2. The number of rotatable bonds is 5. The van der Waals surface area contributed by atoms with Gasteiger partial charge in [-0.3, -0.25) is 19.0 Å². The lowest BCUT2D eigenvalue weighted by atomic mass is 10.1. The third kappa shape index (κ3) is 4.84. The Kier molecular flexibility index (Phi) is 6.47. The van der Waals surface area contributed by atoms with Gasteiger partial charge in [0.05, 0.1) is 16.7 Å². The van der Waals surface area contributed by atoms with Gasteiger partial charge in [-0.05, 0) is 55.8 Å². The van der Waals surface area contributed by atoms with Crippen molar-refractivity contribution < 1.29 is 9.59 Å². The molecular formula is C26H23ClN4O3. The highest BCUT2D eigenvalue weighted by Gasteiger charge is 2.18. The molecule has 0 spiro atoms. The van der Waals surface area contributed by atoms with E-state index in [9.17, 15) is 14.4 Å². The number of hydrogen-bond acceptors (Lipinski definition) is 4. The Hall–Kier alpha value is -3.97. The number of carbonyl (C=O) groups is 2. The summed E-state index contributed by atoms with van der Waals surface area (Å²) >= 11 is 6.07. The number of halogens is 1. The zero-order valence-electron chi connectivity index (χ0n) is 19.0. The molecule has 34 heavy (non-hydrogen) atoms. The van der Waals surface area contributed by atoms with E-state index in [0.29, 0.717) is 33.0 Å². The van der Waals surface area contributed by atoms with Crippen LogP contribution in [0.5, 0.6) is 0 Å². The molecule has 1 aromatic heterocycles. The van der Waals surface area contributed by atoms with E-state index in [0.717, 1.165) is 11.1 Å². The van der Waals surface area contributed by atoms with Crippen molar-refractivity contribution in [3.05, 3.63) is 87.2 Å². The van der Waals surface area contributed by atoms with Crippen LogP contribution in [0.3, 0.4) is 0 Å². The van der Waals surface area contributed by atoms with Gasteiger partial charge < -0.3 is 10.6 Å². The van der Waals surface area contributed by atoms with E-state index in [-0.39, 0.29) is 24.1 Å². The summed E-state index contributed by atoms with van der Waals surface area (Å²) < 4.78 is 1.40. The van der Waals surface area contributed by atoms with Crippen molar-refractivity contribution in [1.82, 2.24) is 9.55 Å². The summed E-state index contributed by atoms with van der Waals surface area (Å²) in [6.07, 6.45) is 0. The van der Waals surface area contributed by atoms with Gasteiger partial charge in [-0.25, -0.2) is 4.98 Å². The molecule has 0 fully saturated rings. The molecule has 0 saturated heterocycles. The molecular weight excluding hydrogens is 452 g/mol. The highest BCUT2D eigenvalue weighted by molar-refractivity contribution is 6.31. The number of nitrogens with one attached hydrogen (secondary N) is 2. The van der Waals surface area contributed by atoms with E-state index in [1.807, 2.05) is 32.0 Å². The maximum atomic E-state index is 13.6. The molecule has 0 bridgehead atoms. The lowest BCUT2D eigenvalue weighted by Crippen LogP contribution is -2.30. The molecule has 1 heterocycles. The van der Waals surface area contributed by atoms with Crippen LogP contribution < -0.4 is 16.2 Å². The second kappa shape index (κ2) is 9.49. The van der Waals surface area contributed by atoms with Crippen molar-refractivity contribution in [3.8, 4) is 11.3 Å². The van der Waals surface area contributed by atoms with Crippen LogP contribution in [0, 0.1) is 13.8 Å². The molecule has 0 aliphatic carbocycles. The molecule has 0 saturated carbocycles. The summed E-state index contributed by atoms with van der Waals surface area (Å²) in [6, 6.07) is 17.7. The lowest BCUT2D eigenvalue weighted by Gasteiger charge is -2.15. The van der Waals surface area contributed by atoms with Crippen molar-refractivity contribution >= 4 is 45.8 Å². The van der Waals surface area contributed by atoms with Crippen molar-refractivity contribution in [3.63, 3.8) is 0 Å². The summed E-state index contributed by atoms with van der Waals surface area (Å²) in [7, 11) is 0. The van der Waals surface area contributed by atoms with Crippen LogP contribution in [-0.4, -0.2) is 21.4 Å². The van der Waals surface area contributed by atoms with E-state index in [1.54, 1.807) is 42.5 Å². The molecule has 0 radical (unpaired) electrons. The summed E-state index contributed by atoms with van der Waals surface area (Å²) in [5.74, 6) is -0.636. The highest BCUT2D eigenvalue weighted by Crippen LogP contribution is 2.27. The van der Waals surface area contributed by atoms with E-state index in [4.69, 9.17) is 11.6 Å². The van der Waals surface area contributed by atoms with Gasteiger partial charge in [-0.1, -0.05) is 41.4 Å². The molecule has 8 heteroatoms.